The summed E-state index contributed by atoms with van der Waals surface area (Å²) in [5.74, 6) is 0. The molecule has 2 rings (SSSR count). The minimum Gasteiger partial charge on any atom is -0.274 e. The molecule has 0 radical (unpaired) electrons. The van der Waals surface area contributed by atoms with E-state index < -0.39 is 10.0 Å². The van der Waals surface area contributed by atoms with Crippen molar-refractivity contribution >= 4 is 10.0 Å². The van der Waals surface area contributed by atoms with E-state index in [0.717, 1.165) is 5.56 Å². The van der Waals surface area contributed by atoms with Crippen LogP contribution in [0.1, 0.15) is 18.5 Å². The van der Waals surface area contributed by atoms with Crippen LogP contribution in [0, 0.1) is 0 Å². The highest BCUT2D eigenvalue weighted by Crippen LogP contribution is 2.15. The molecule has 7 heteroatoms. The number of hydrogen-bond donors (Lipinski definition) is 1. The van der Waals surface area contributed by atoms with Gasteiger partial charge in [0.25, 0.3) is 0 Å². The molecule has 1 atom stereocenters. The van der Waals surface area contributed by atoms with Gasteiger partial charge in [-0.25, -0.2) is 13.1 Å². The Balaban J connectivity index is 2.19. The van der Waals surface area contributed by atoms with Gasteiger partial charge in [-0.2, -0.15) is 5.10 Å². The maximum absolute atomic E-state index is 12.0. The molecule has 2 aromatic heterocycles. The topological polar surface area (TPSA) is 76.9 Å². The Kier molecular flexibility index (Phi) is 3.44. The third-order valence-corrected chi connectivity index (χ3v) is 4.02. The zero-order valence-electron chi connectivity index (χ0n) is 10.1. The van der Waals surface area contributed by atoms with Gasteiger partial charge in [0.15, 0.2) is 0 Å². The van der Waals surface area contributed by atoms with E-state index in [1.165, 1.54) is 17.1 Å². The molecule has 0 spiro atoms. The molecule has 0 amide bonds. The number of pyridine rings is 1. The summed E-state index contributed by atoms with van der Waals surface area (Å²) >= 11 is 0. The lowest BCUT2D eigenvalue weighted by Gasteiger charge is -2.13. The summed E-state index contributed by atoms with van der Waals surface area (Å²) in [6.07, 6.45) is 6.04. The van der Waals surface area contributed by atoms with Crippen LogP contribution in [0.15, 0.2) is 41.8 Å². The third kappa shape index (κ3) is 2.74. The normalized spacial score (nSPS) is 13.4. The number of aryl methyl sites for hydroxylation is 1. The highest BCUT2D eigenvalue weighted by Gasteiger charge is 2.19. The van der Waals surface area contributed by atoms with Crippen molar-refractivity contribution in [2.24, 2.45) is 7.05 Å². The van der Waals surface area contributed by atoms with Crippen LogP contribution in [0.2, 0.25) is 0 Å². The summed E-state index contributed by atoms with van der Waals surface area (Å²) in [5, 5.41) is 3.85. The molecule has 0 unspecified atom stereocenters. The maximum atomic E-state index is 12.0. The van der Waals surface area contributed by atoms with Crippen molar-refractivity contribution in [2.45, 2.75) is 17.9 Å². The molecule has 18 heavy (non-hydrogen) atoms. The summed E-state index contributed by atoms with van der Waals surface area (Å²) in [7, 11) is -1.87. The van der Waals surface area contributed by atoms with Gasteiger partial charge >= 0.3 is 0 Å². The number of rotatable bonds is 4. The van der Waals surface area contributed by atoms with Crippen molar-refractivity contribution in [1.82, 2.24) is 19.5 Å². The lowest BCUT2D eigenvalue weighted by atomic mass is 10.1. The van der Waals surface area contributed by atoms with Crippen LogP contribution >= 0.6 is 0 Å². The predicted octanol–water partition coefficient (Wildman–Crippen LogP) is 0.855. The molecule has 1 N–H and O–H groups in total. The fourth-order valence-electron chi connectivity index (χ4n) is 1.56. The molecular weight excluding hydrogens is 252 g/mol. The van der Waals surface area contributed by atoms with Crippen LogP contribution in [0.25, 0.3) is 0 Å². The molecule has 0 aliphatic heterocycles. The first-order chi connectivity index (χ1) is 8.49. The Morgan fingerprint density at radius 3 is 2.56 bits per heavy atom. The largest absolute Gasteiger partial charge is 0.274 e. The van der Waals surface area contributed by atoms with Crippen LogP contribution in [0.3, 0.4) is 0 Å². The Hall–Kier alpha value is -1.73. The first kappa shape index (κ1) is 12.7. The second-order valence-electron chi connectivity index (χ2n) is 3.97. The van der Waals surface area contributed by atoms with Crippen molar-refractivity contribution in [3.05, 3.63) is 42.5 Å². The molecule has 0 bridgehead atoms. The van der Waals surface area contributed by atoms with E-state index in [-0.39, 0.29) is 10.9 Å². The Labute approximate surface area is 106 Å². The molecule has 96 valence electrons. The quantitative estimate of drug-likeness (QED) is 0.890. The van der Waals surface area contributed by atoms with Crippen molar-refractivity contribution < 1.29 is 8.42 Å². The minimum atomic E-state index is -3.54. The van der Waals surface area contributed by atoms with Gasteiger partial charge in [-0.05, 0) is 24.6 Å². The molecule has 0 aliphatic carbocycles. The molecule has 0 saturated carbocycles. The van der Waals surface area contributed by atoms with Crippen molar-refractivity contribution in [2.75, 3.05) is 0 Å². The molecular formula is C11H14N4O2S. The maximum Gasteiger partial charge on any atom is 0.244 e. The van der Waals surface area contributed by atoms with Crippen molar-refractivity contribution in [1.29, 1.82) is 0 Å². The van der Waals surface area contributed by atoms with Crippen molar-refractivity contribution in [3.63, 3.8) is 0 Å². The van der Waals surface area contributed by atoms with E-state index in [2.05, 4.69) is 14.8 Å². The van der Waals surface area contributed by atoms with Crippen LogP contribution in [0.4, 0.5) is 0 Å². The second kappa shape index (κ2) is 4.87. The fraction of sp³-hybridized carbons (Fsp3) is 0.273. The highest BCUT2D eigenvalue weighted by molar-refractivity contribution is 7.89. The first-order valence-corrected chi connectivity index (χ1v) is 6.88. The third-order valence-electron chi connectivity index (χ3n) is 2.53. The van der Waals surface area contributed by atoms with E-state index in [1.54, 1.807) is 38.5 Å². The van der Waals surface area contributed by atoms with E-state index in [0.29, 0.717) is 0 Å². The van der Waals surface area contributed by atoms with Crippen LogP contribution in [0.5, 0.6) is 0 Å². The number of sulfonamides is 1. The smallest absolute Gasteiger partial charge is 0.244 e. The Morgan fingerprint density at radius 2 is 2.00 bits per heavy atom. The van der Waals surface area contributed by atoms with Gasteiger partial charge in [-0.1, -0.05) is 0 Å². The summed E-state index contributed by atoms with van der Waals surface area (Å²) in [4.78, 5) is 4.05. The molecule has 6 nitrogen and oxygen atoms in total. The molecule has 0 fully saturated rings. The molecule has 0 saturated heterocycles. The molecule has 0 aromatic carbocycles. The Bertz CT molecular complexity index is 622. The van der Waals surface area contributed by atoms with Crippen LogP contribution in [-0.2, 0) is 17.1 Å². The van der Waals surface area contributed by atoms with Gasteiger partial charge < -0.3 is 0 Å². The highest BCUT2D eigenvalue weighted by atomic mass is 32.2. The summed E-state index contributed by atoms with van der Waals surface area (Å²) < 4.78 is 28.1. The van der Waals surface area contributed by atoms with Gasteiger partial charge in [0.2, 0.25) is 10.0 Å². The van der Waals surface area contributed by atoms with Gasteiger partial charge in [-0.3, -0.25) is 9.67 Å². The van der Waals surface area contributed by atoms with Crippen LogP contribution < -0.4 is 4.72 Å². The number of hydrogen-bond acceptors (Lipinski definition) is 4. The minimum absolute atomic E-state index is 0.158. The molecule has 2 aromatic rings. The van der Waals surface area contributed by atoms with Gasteiger partial charge in [0.05, 0.1) is 6.20 Å². The summed E-state index contributed by atoms with van der Waals surface area (Å²) in [6.45, 7) is 1.78. The number of nitrogens with zero attached hydrogens (tertiary/aromatic N) is 3. The zero-order valence-corrected chi connectivity index (χ0v) is 10.9. The SMILES string of the molecule is C[C@H](NS(=O)(=O)c1cnn(C)c1)c1ccncc1. The van der Waals surface area contributed by atoms with E-state index in [1.807, 2.05) is 0 Å². The lowest BCUT2D eigenvalue weighted by molar-refractivity contribution is 0.566. The first-order valence-electron chi connectivity index (χ1n) is 5.40. The fourth-order valence-corrected chi connectivity index (χ4v) is 2.77. The predicted molar refractivity (Wildman–Crippen MR) is 66.2 cm³/mol. The van der Waals surface area contributed by atoms with Gasteiger partial charge in [-0.15, -0.1) is 0 Å². The summed E-state index contributed by atoms with van der Waals surface area (Å²) in [5.41, 5.74) is 0.859. The van der Waals surface area contributed by atoms with Crippen molar-refractivity contribution in [3.8, 4) is 0 Å². The van der Waals surface area contributed by atoms with Gasteiger partial charge in [0.1, 0.15) is 4.90 Å². The second-order valence-corrected chi connectivity index (χ2v) is 5.69. The van der Waals surface area contributed by atoms with E-state index in [9.17, 15) is 8.42 Å². The zero-order chi connectivity index (χ0) is 13.2. The van der Waals surface area contributed by atoms with E-state index in [4.69, 9.17) is 0 Å². The lowest BCUT2D eigenvalue weighted by Crippen LogP contribution is -2.26. The molecule has 0 aliphatic rings. The average molecular weight is 266 g/mol. The van der Waals surface area contributed by atoms with E-state index >= 15 is 0 Å². The monoisotopic (exact) mass is 266 g/mol. The average Bonchev–Trinajstić information content (AvgIpc) is 2.77. The van der Waals surface area contributed by atoms with Gasteiger partial charge in [0, 0.05) is 31.7 Å². The standard InChI is InChI=1S/C11H14N4O2S/c1-9(10-3-5-12-6-4-10)14-18(16,17)11-7-13-15(2)8-11/h3-9,14H,1-2H3/t9-/m0/s1. The number of nitrogens with one attached hydrogen (secondary N) is 1. The number of aromatic nitrogens is 3. The van der Waals surface area contributed by atoms with Crippen LogP contribution in [-0.4, -0.2) is 23.2 Å². The molecule has 2 heterocycles. The summed E-state index contributed by atoms with van der Waals surface area (Å²) in [6, 6.07) is 3.23. The Morgan fingerprint density at radius 1 is 1.33 bits per heavy atom.